The van der Waals surface area contributed by atoms with E-state index < -0.39 is 4.92 Å². The van der Waals surface area contributed by atoms with Crippen LogP contribution in [0, 0.1) is 10.1 Å². The van der Waals surface area contributed by atoms with Gasteiger partial charge in [-0.25, -0.2) is 4.98 Å². The summed E-state index contributed by atoms with van der Waals surface area (Å²) in [6, 6.07) is 3.01. The van der Waals surface area contributed by atoms with Crippen molar-refractivity contribution in [2.24, 2.45) is 7.05 Å². The predicted molar refractivity (Wildman–Crippen MR) is 58.1 cm³/mol. The summed E-state index contributed by atoms with van der Waals surface area (Å²) >= 11 is 5.93. The van der Waals surface area contributed by atoms with E-state index in [1.165, 1.54) is 12.3 Å². The summed E-state index contributed by atoms with van der Waals surface area (Å²) in [7, 11) is 1.74. The van der Waals surface area contributed by atoms with Gasteiger partial charge >= 0.3 is 0 Å². The van der Waals surface area contributed by atoms with Gasteiger partial charge in [0.15, 0.2) is 0 Å². The van der Waals surface area contributed by atoms with E-state index in [0.717, 1.165) is 0 Å². The van der Waals surface area contributed by atoms with Gasteiger partial charge in [-0.1, -0.05) is 11.6 Å². The van der Waals surface area contributed by atoms with Crippen LogP contribution in [0.2, 0.25) is 5.02 Å². The number of hydrogen-bond acceptors (Lipinski definition) is 4. The maximum atomic E-state index is 10.5. The van der Waals surface area contributed by atoms with Gasteiger partial charge < -0.3 is 0 Å². The highest BCUT2D eigenvalue weighted by atomic mass is 35.5. The molecule has 0 unspecified atom stereocenters. The molecule has 7 heteroatoms. The van der Waals surface area contributed by atoms with Gasteiger partial charge in [0.1, 0.15) is 11.9 Å². The zero-order valence-electron chi connectivity index (χ0n) is 8.29. The molecule has 82 valence electrons. The Hall–Kier alpha value is -1.95. The van der Waals surface area contributed by atoms with E-state index in [-0.39, 0.29) is 10.7 Å². The molecule has 0 spiro atoms. The Balaban J connectivity index is 2.52. The van der Waals surface area contributed by atoms with Crippen molar-refractivity contribution < 1.29 is 4.92 Å². The minimum absolute atomic E-state index is 0.129. The van der Waals surface area contributed by atoms with Gasteiger partial charge in [0.05, 0.1) is 15.6 Å². The summed E-state index contributed by atoms with van der Waals surface area (Å²) < 4.78 is 1.60. The van der Waals surface area contributed by atoms with Crippen molar-refractivity contribution in [3.63, 3.8) is 0 Å². The first kappa shape index (κ1) is 10.6. The molecule has 2 aromatic heterocycles. The molecule has 6 nitrogen and oxygen atoms in total. The minimum Gasteiger partial charge on any atom is -0.266 e. The van der Waals surface area contributed by atoms with Gasteiger partial charge in [0.25, 0.3) is 5.69 Å². The molecule has 16 heavy (non-hydrogen) atoms. The summed E-state index contributed by atoms with van der Waals surface area (Å²) in [6.07, 6.45) is 2.78. The van der Waals surface area contributed by atoms with Crippen molar-refractivity contribution in [3.05, 3.63) is 39.7 Å². The second-order valence-corrected chi connectivity index (χ2v) is 3.53. The molecule has 0 amide bonds. The molecule has 0 aliphatic heterocycles. The molecule has 2 aromatic rings. The lowest BCUT2D eigenvalue weighted by Crippen LogP contribution is -1.97. The molecule has 0 saturated heterocycles. The van der Waals surface area contributed by atoms with Crippen LogP contribution in [0.5, 0.6) is 0 Å². The average molecular weight is 239 g/mol. The zero-order chi connectivity index (χ0) is 11.7. The van der Waals surface area contributed by atoms with Crippen LogP contribution < -0.4 is 0 Å². The highest BCUT2D eigenvalue weighted by Crippen LogP contribution is 2.27. The van der Waals surface area contributed by atoms with Gasteiger partial charge in [0.2, 0.25) is 0 Å². The Labute approximate surface area is 95.6 Å². The van der Waals surface area contributed by atoms with Crippen molar-refractivity contribution >= 4 is 17.3 Å². The summed E-state index contributed by atoms with van der Waals surface area (Å²) in [4.78, 5) is 13.9. The standard InChI is InChI=1S/C9H7ClN4O2/c1-13-8(2-3-12-13)9-7(10)4-6(5-11-9)14(15)16/h2-5H,1H3. The Morgan fingerprint density at radius 3 is 2.81 bits per heavy atom. The van der Waals surface area contributed by atoms with Crippen molar-refractivity contribution in [1.82, 2.24) is 14.8 Å². The van der Waals surface area contributed by atoms with Crippen LogP contribution in [0.4, 0.5) is 5.69 Å². The first-order valence-electron chi connectivity index (χ1n) is 4.38. The summed E-state index contributed by atoms with van der Waals surface area (Å²) in [6.45, 7) is 0. The number of aryl methyl sites for hydroxylation is 1. The van der Waals surface area contributed by atoms with Gasteiger partial charge in [0, 0.05) is 19.3 Å². The molecular formula is C9H7ClN4O2. The first-order valence-corrected chi connectivity index (χ1v) is 4.75. The van der Waals surface area contributed by atoms with E-state index in [9.17, 15) is 10.1 Å². The highest BCUT2D eigenvalue weighted by molar-refractivity contribution is 6.33. The van der Waals surface area contributed by atoms with Gasteiger partial charge in [-0.2, -0.15) is 5.10 Å². The lowest BCUT2D eigenvalue weighted by molar-refractivity contribution is -0.385. The van der Waals surface area contributed by atoms with Gasteiger partial charge in [-0.05, 0) is 6.07 Å². The Bertz CT molecular complexity index is 552. The third kappa shape index (κ3) is 1.74. The van der Waals surface area contributed by atoms with Gasteiger partial charge in [-0.15, -0.1) is 0 Å². The van der Waals surface area contributed by atoms with Crippen molar-refractivity contribution in [2.45, 2.75) is 0 Å². The summed E-state index contributed by atoms with van der Waals surface area (Å²) in [5.74, 6) is 0. The van der Waals surface area contributed by atoms with Crippen molar-refractivity contribution in [1.29, 1.82) is 0 Å². The number of aromatic nitrogens is 3. The van der Waals surface area contributed by atoms with Gasteiger partial charge in [-0.3, -0.25) is 14.8 Å². The van der Waals surface area contributed by atoms with E-state index in [1.54, 1.807) is 24.0 Å². The van der Waals surface area contributed by atoms with Crippen LogP contribution in [0.25, 0.3) is 11.4 Å². The maximum Gasteiger partial charge on any atom is 0.289 e. The monoisotopic (exact) mass is 238 g/mol. The highest BCUT2D eigenvalue weighted by Gasteiger charge is 2.14. The molecule has 0 bridgehead atoms. The molecular weight excluding hydrogens is 232 g/mol. The van der Waals surface area contributed by atoms with Crippen LogP contribution in [0.3, 0.4) is 0 Å². The average Bonchev–Trinajstić information content (AvgIpc) is 2.64. The number of pyridine rings is 1. The number of nitrogens with zero attached hydrogens (tertiary/aromatic N) is 4. The smallest absolute Gasteiger partial charge is 0.266 e. The molecule has 0 aliphatic carbocycles. The number of nitro groups is 1. The lowest BCUT2D eigenvalue weighted by Gasteiger charge is -2.02. The van der Waals surface area contributed by atoms with E-state index in [0.29, 0.717) is 11.4 Å². The summed E-state index contributed by atoms with van der Waals surface area (Å²) in [5.41, 5.74) is 1.06. The van der Waals surface area contributed by atoms with Crippen molar-refractivity contribution in [2.75, 3.05) is 0 Å². The molecule has 0 saturated carbocycles. The molecule has 2 heterocycles. The summed E-state index contributed by atoms with van der Waals surface area (Å²) in [5, 5.41) is 14.7. The topological polar surface area (TPSA) is 73.8 Å². The lowest BCUT2D eigenvalue weighted by atomic mass is 10.2. The first-order chi connectivity index (χ1) is 7.59. The van der Waals surface area contributed by atoms with Crippen molar-refractivity contribution in [3.8, 4) is 11.4 Å². The molecule has 0 aliphatic rings. The fourth-order valence-electron chi connectivity index (χ4n) is 1.32. The fourth-order valence-corrected chi connectivity index (χ4v) is 1.58. The van der Waals surface area contributed by atoms with Crippen LogP contribution >= 0.6 is 11.6 Å². The van der Waals surface area contributed by atoms with E-state index in [2.05, 4.69) is 10.1 Å². The van der Waals surface area contributed by atoms with E-state index in [4.69, 9.17) is 11.6 Å². The van der Waals surface area contributed by atoms with E-state index >= 15 is 0 Å². The zero-order valence-corrected chi connectivity index (χ0v) is 9.05. The number of hydrogen-bond donors (Lipinski definition) is 0. The molecule has 0 aromatic carbocycles. The third-order valence-electron chi connectivity index (χ3n) is 2.10. The van der Waals surface area contributed by atoms with Crippen LogP contribution in [-0.2, 0) is 7.05 Å². The molecule has 0 N–H and O–H groups in total. The van der Waals surface area contributed by atoms with Crippen LogP contribution in [-0.4, -0.2) is 19.7 Å². The molecule has 2 rings (SSSR count). The second kappa shape index (κ2) is 3.90. The normalized spacial score (nSPS) is 10.4. The number of halogens is 1. The third-order valence-corrected chi connectivity index (χ3v) is 2.39. The Kier molecular flexibility index (Phi) is 2.57. The van der Waals surface area contributed by atoms with Crippen LogP contribution in [0.1, 0.15) is 0 Å². The predicted octanol–water partition coefficient (Wildman–Crippen LogP) is 2.04. The minimum atomic E-state index is -0.536. The van der Waals surface area contributed by atoms with E-state index in [1.807, 2.05) is 0 Å². The Morgan fingerprint density at radius 2 is 2.31 bits per heavy atom. The largest absolute Gasteiger partial charge is 0.289 e. The molecule has 0 atom stereocenters. The maximum absolute atomic E-state index is 10.5. The SMILES string of the molecule is Cn1nccc1-c1ncc([N+](=O)[O-])cc1Cl. The molecule has 0 fully saturated rings. The second-order valence-electron chi connectivity index (χ2n) is 3.12. The molecule has 0 radical (unpaired) electrons. The van der Waals surface area contributed by atoms with Crippen LogP contribution in [0.15, 0.2) is 24.5 Å². The number of rotatable bonds is 2. The quantitative estimate of drug-likeness (QED) is 0.593. The fraction of sp³-hybridized carbons (Fsp3) is 0.111. The Morgan fingerprint density at radius 1 is 1.56 bits per heavy atom.